The summed E-state index contributed by atoms with van der Waals surface area (Å²) in [6.07, 6.45) is 1.82. The Bertz CT molecular complexity index is 943. The number of fused-ring (bicyclic) bond motifs is 2. The number of allylic oxidation sites excluding steroid dienone is 1. The number of ether oxygens (including phenoxy) is 2. The van der Waals surface area contributed by atoms with Crippen LogP contribution in [0.4, 0.5) is 0 Å². The van der Waals surface area contributed by atoms with Crippen LogP contribution in [0.15, 0.2) is 36.1 Å². The van der Waals surface area contributed by atoms with E-state index in [0.717, 1.165) is 41.1 Å². The van der Waals surface area contributed by atoms with Gasteiger partial charge in [0, 0.05) is 24.2 Å². The van der Waals surface area contributed by atoms with Crippen molar-refractivity contribution in [3.8, 4) is 11.5 Å². The van der Waals surface area contributed by atoms with E-state index in [1.807, 2.05) is 50.3 Å². The van der Waals surface area contributed by atoms with Gasteiger partial charge in [0.15, 0.2) is 5.76 Å². The summed E-state index contributed by atoms with van der Waals surface area (Å²) in [5, 5.41) is 0. The number of aryl methyl sites for hydroxylation is 1. The number of carbonyl (C=O) groups is 1. The zero-order valence-corrected chi connectivity index (χ0v) is 16.3. The normalized spacial score (nSPS) is 17.7. The van der Waals surface area contributed by atoms with Crippen LogP contribution in [0.3, 0.4) is 0 Å². The molecule has 0 saturated carbocycles. The van der Waals surface area contributed by atoms with Crippen LogP contribution in [-0.2, 0) is 6.54 Å². The molecule has 0 fully saturated rings. The molecule has 4 nitrogen and oxygen atoms in total. The molecule has 2 heterocycles. The van der Waals surface area contributed by atoms with Crippen LogP contribution in [0.2, 0.25) is 0 Å². The Kier molecular flexibility index (Phi) is 4.52. The molecule has 0 aromatic heterocycles. The molecule has 0 aliphatic carbocycles. The first kappa shape index (κ1) is 17.8. The topological polar surface area (TPSA) is 38.8 Å². The number of benzene rings is 2. The van der Waals surface area contributed by atoms with E-state index in [4.69, 9.17) is 9.47 Å². The molecule has 27 heavy (non-hydrogen) atoms. The first-order valence-corrected chi connectivity index (χ1v) is 9.45. The third kappa shape index (κ3) is 3.37. The number of nitrogens with zero attached hydrogens (tertiary/aromatic N) is 1. The second-order valence-electron chi connectivity index (χ2n) is 7.90. The first-order chi connectivity index (χ1) is 12.9. The van der Waals surface area contributed by atoms with Crippen LogP contribution in [0.5, 0.6) is 11.5 Å². The molecular formula is C23H25NO3. The minimum Gasteiger partial charge on any atom is -0.477 e. The predicted octanol–water partition coefficient (Wildman–Crippen LogP) is 4.73. The smallest absolute Gasteiger partial charge is 0.231 e. The second kappa shape index (κ2) is 6.86. The van der Waals surface area contributed by atoms with Crippen molar-refractivity contribution in [3.05, 3.63) is 63.9 Å². The second-order valence-corrected chi connectivity index (χ2v) is 7.90. The van der Waals surface area contributed by atoms with Gasteiger partial charge in [0.25, 0.3) is 0 Å². The van der Waals surface area contributed by atoms with Gasteiger partial charge in [0.1, 0.15) is 18.2 Å². The fourth-order valence-electron chi connectivity index (χ4n) is 3.84. The van der Waals surface area contributed by atoms with E-state index in [0.29, 0.717) is 29.7 Å². The molecule has 0 unspecified atom stereocenters. The number of carbonyl (C=O) groups excluding carboxylic acids is 1. The summed E-state index contributed by atoms with van der Waals surface area (Å²) in [6, 6.07) is 9.98. The van der Waals surface area contributed by atoms with Crippen LogP contribution in [0.1, 0.15) is 46.5 Å². The summed E-state index contributed by atoms with van der Waals surface area (Å²) >= 11 is 0. The quantitative estimate of drug-likeness (QED) is 0.739. The van der Waals surface area contributed by atoms with Crippen LogP contribution in [0, 0.1) is 19.8 Å². The van der Waals surface area contributed by atoms with E-state index >= 15 is 0 Å². The van der Waals surface area contributed by atoms with E-state index in [-0.39, 0.29) is 5.78 Å². The molecular weight excluding hydrogens is 338 g/mol. The molecule has 0 saturated heterocycles. The van der Waals surface area contributed by atoms with Crippen molar-refractivity contribution < 1.29 is 14.3 Å². The molecule has 0 bridgehead atoms. The zero-order chi connectivity index (χ0) is 19.1. The van der Waals surface area contributed by atoms with Gasteiger partial charge in [-0.15, -0.1) is 0 Å². The van der Waals surface area contributed by atoms with E-state index in [1.54, 1.807) is 0 Å². The van der Waals surface area contributed by atoms with E-state index in [2.05, 4.69) is 18.7 Å². The number of ketones is 1. The van der Waals surface area contributed by atoms with Gasteiger partial charge in [0.2, 0.25) is 5.78 Å². The average molecular weight is 363 g/mol. The SMILES string of the molecule is Cc1cccc(/C=C2\Oc3c(cc4c(c3C)OCN(CC(C)C)C4)C2=O)c1. The third-order valence-corrected chi connectivity index (χ3v) is 4.97. The van der Waals surface area contributed by atoms with Gasteiger partial charge in [-0.1, -0.05) is 43.7 Å². The minimum atomic E-state index is -0.0570. The Morgan fingerprint density at radius 2 is 2.00 bits per heavy atom. The zero-order valence-electron chi connectivity index (χ0n) is 16.3. The van der Waals surface area contributed by atoms with Crippen LogP contribution < -0.4 is 9.47 Å². The molecule has 0 radical (unpaired) electrons. The number of hydrogen-bond acceptors (Lipinski definition) is 4. The molecule has 2 aliphatic heterocycles. The number of rotatable bonds is 3. The fourth-order valence-corrected chi connectivity index (χ4v) is 3.84. The van der Waals surface area contributed by atoms with Gasteiger partial charge >= 0.3 is 0 Å². The lowest BCUT2D eigenvalue weighted by atomic mass is 9.99. The highest BCUT2D eigenvalue weighted by molar-refractivity contribution is 6.15. The van der Waals surface area contributed by atoms with Crippen molar-refractivity contribution in [1.82, 2.24) is 4.90 Å². The lowest BCUT2D eigenvalue weighted by Gasteiger charge is -2.31. The summed E-state index contributed by atoms with van der Waals surface area (Å²) in [5.74, 6) is 2.38. The molecule has 2 aromatic rings. The summed E-state index contributed by atoms with van der Waals surface area (Å²) in [4.78, 5) is 15.2. The largest absolute Gasteiger partial charge is 0.477 e. The van der Waals surface area contributed by atoms with Crippen molar-refractivity contribution >= 4 is 11.9 Å². The molecule has 0 amide bonds. The van der Waals surface area contributed by atoms with Gasteiger partial charge in [-0.3, -0.25) is 9.69 Å². The summed E-state index contributed by atoms with van der Waals surface area (Å²) in [6.45, 7) is 10.7. The summed E-state index contributed by atoms with van der Waals surface area (Å²) < 4.78 is 12.0. The molecule has 2 aromatic carbocycles. The van der Waals surface area contributed by atoms with Crippen LogP contribution in [-0.4, -0.2) is 24.0 Å². The van der Waals surface area contributed by atoms with E-state index < -0.39 is 0 Å². The highest BCUT2D eigenvalue weighted by Gasteiger charge is 2.33. The Balaban J connectivity index is 1.67. The lowest BCUT2D eigenvalue weighted by molar-refractivity contribution is 0.0835. The number of hydrogen-bond donors (Lipinski definition) is 0. The standard InChI is InChI=1S/C23H25NO3/c1-14(2)11-24-12-18-10-19-21(25)20(9-17-7-5-6-15(3)8-17)27-23(19)16(4)22(18)26-13-24/h5-10,14H,11-13H2,1-4H3/b20-9-. The molecule has 2 aliphatic rings. The minimum absolute atomic E-state index is 0.0570. The molecule has 0 atom stereocenters. The summed E-state index contributed by atoms with van der Waals surface area (Å²) in [7, 11) is 0. The maximum Gasteiger partial charge on any atom is 0.231 e. The lowest BCUT2D eigenvalue weighted by Crippen LogP contribution is -2.35. The van der Waals surface area contributed by atoms with Crippen molar-refractivity contribution in [2.24, 2.45) is 5.92 Å². The van der Waals surface area contributed by atoms with E-state index in [9.17, 15) is 4.79 Å². The van der Waals surface area contributed by atoms with Crippen molar-refractivity contribution in [1.29, 1.82) is 0 Å². The third-order valence-electron chi connectivity index (χ3n) is 4.97. The molecule has 4 heteroatoms. The van der Waals surface area contributed by atoms with E-state index in [1.165, 1.54) is 0 Å². The average Bonchev–Trinajstić information content (AvgIpc) is 2.91. The first-order valence-electron chi connectivity index (χ1n) is 9.45. The van der Waals surface area contributed by atoms with Crippen molar-refractivity contribution in [3.63, 3.8) is 0 Å². The van der Waals surface area contributed by atoms with Gasteiger partial charge in [-0.2, -0.15) is 0 Å². The fraction of sp³-hybridized carbons (Fsp3) is 0.348. The number of Topliss-reactive ketones (excluding diaryl/α,β-unsaturated/α-hetero) is 1. The van der Waals surface area contributed by atoms with Gasteiger partial charge < -0.3 is 9.47 Å². The molecule has 0 spiro atoms. The summed E-state index contributed by atoms with van der Waals surface area (Å²) in [5.41, 5.74) is 4.73. The highest BCUT2D eigenvalue weighted by atomic mass is 16.5. The molecule has 4 rings (SSSR count). The Hall–Kier alpha value is -2.59. The Morgan fingerprint density at radius 1 is 1.19 bits per heavy atom. The van der Waals surface area contributed by atoms with Crippen molar-refractivity contribution in [2.45, 2.75) is 34.2 Å². The Morgan fingerprint density at radius 3 is 2.74 bits per heavy atom. The highest BCUT2D eigenvalue weighted by Crippen LogP contribution is 2.43. The predicted molar refractivity (Wildman–Crippen MR) is 106 cm³/mol. The molecule has 140 valence electrons. The van der Waals surface area contributed by atoms with Gasteiger partial charge in [-0.05, 0) is 37.5 Å². The van der Waals surface area contributed by atoms with Gasteiger partial charge in [0.05, 0.1) is 5.56 Å². The van der Waals surface area contributed by atoms with Crippen molar-refractivity contribution in [2.75, 3.05) is 13.3 Å². The van der Waals surface area contributed by atoms with Crippen LogP contribution in [0.25, 0.3) is 6.08 Å². The Labute approximate surface area is 160 Å². The monoisotopic (exact) mass is 363 g/mol. The van der Waals surface area contributed by atoms with Crippen LogP contribution >= 0.6 is 0 Å². The van der Waals surface area contributed by atoms with Gasteiger partial charge in [-0.25, -0.2) is 0 Å². The maximum absolute atomic E-state index is 12.9. The maximum atomic E-state index is 12.9. The molecule has 0 N–H and O–H groups in total.